The number of hydrogen-bond acceptors (Lipinski definition) is 5. The van der Waals surface area contributed by atoms with Crippen molar-refractivity contribution in [2.45, 2.75) is 13.0 Å². The Morgan fingerprint density at radius 2 is 1.93 bits per heavy atom. The number of para-hydroxylation sites is 1. The summed E-state index contributed by atoms with van der Waals surface area (Å²) in [6.45, 7) is 1.43. The van der Waals surface area contributed by atoms with Crippen LogP contribution in [0.15, 0.2) is 59.4 Å². The second-order valence-corrected chi connectivity index (χ2v) is 5.82. The van der Waals surface area contributed by atoms with Gasteiger partial charge in [-0.3, -0.25) is 9.59 Å². The number of pyridine rings is 1. The Morgan fingerprint density at radius 3 is 2.70 bits per heavy atom. The zero-order valence-corrected chi connectivity index (χ0v) is 14.4. The van der Waals surface area contributed by atoms with Gasteiger partial charge < -0.3 is 15.0 Å². The molecule has 0 aliphatic heterocycles. The van der Waals surface area contributed by atoms with Gasteiger partial charge in [0.25, 0.3) is 5.91 Å². The first kappa shape index (κ1) is 17.9. The van der Waals surface area contributed by atoms with Crippen LogP contribution in [0.4, 0.5) is 5.69 Å². The molecular weight excluding hydrogens is 346 g/mol. The van der Waals surface area contributed by atoms with E-state index < -0.39 is 23.5 Å². The van der Waals surface area contributed by atoms with Gasteiger partial charge in [-0.15, -0.1) is 0 Å². The van der Waals surface area contributed by atoms with Gasteiger partial charge in [-0.1, -0.05) is 24.3 Å². The molecule has 0 aliphatic rings. The van der Waals surface area contributed by atoms with Crippen molar-refractivity contribution in [3.63, 3.8) is 0 Å². The van der Waals surface area contributed by atoms with Crippen molar-refractivity contribution in [2.24, 2.45) is 0 Å². The summed E-state index contributed by atoms with van der Waals surface area (Å²) in [5.74, 6) is -1.32. The van der Waals surface area contributed by atoms with E-state index in [4.69, 9.17) is 10.00 Å². The van der Waals surface area contributed by atoms with Crippen LogP contribution in [-0.4, -0.2) is 23.0 Å². The van der Waals surface area contributed by atoms with Gasteiger partial charge in [0.2, 0.25) is 5.56 Å². The number of nitrogens with zero attached hydrogens (tertiary/aromatic N) is 1. The van der Waals surface area contributed by atoms with Crippen LogP contribution in [0.1, 0.15) is 22.8 Å². The number of ether oxygens (including phenoxy) is 1. The number of esters is 1. The third-order valence-electron chi connectivity index (χ3n) is 3.88. The lowest BCUT2D eigenvalue weighted by molar-refractivity contribution is -0.123. The van der Waals surface area contributed by atoms with Crippen molar-refractivity contribution in [2.75, 3.05) is 5.32 Å². The minimum atomic E-state index is -1.10. The van der Waals surface area contributed by atoms with E-state index in [0.29, 0.717) is 22.2 Å². The molecule has 27 heavy (non-hydrogen) atoms. The smallest absolute Gasteiger partial charge is 0.339 e. The maximum absolute atomic E-state index is 12.5. The Kier molecular flexibility index (Phi) is 4.99. The van der Waals surface area contributed by atoms with Crippen LogP contribution in [0.3, 0.4) is 0 Å². The number of hydrogen-bond donors (Lipinski definition) is 2. The summed E-state index contributed by atoms with van der Waals surface area (Å²) in [4.78, 5) is 39.1. The molecule has 0 saturated carbocycles. The lowest BCUT2D eigenvalue weighted by Gasteiger charge is -2.14. The Bertz CT molecular complexity index is 1130. The maximum Gasteiger partial charge on any atom is 0.339 e. The number of aromatic amines is 1. The highest BCUT2D eigenvalue weighted by atomic mass is 16.5. The van der Waals surface area contributed by atoms with Crippen LogP contribution in [0.2, 0.25) is 0 Å². The molecule has 7 heteroatoms. The molecule has 3 rings (SSSR count). The fraction of sp³-hybridized carbons (Fsp3) is 0.100. The summed E-state index contributed by atoms with van der Waals surface area (Å²) in [7, 11) is 0. The molecular formula is C20H15N3O4. The minimum absolute atomic E-state index is 0.0838. The van der Waals surface area contributed by atoms with Crippen molar-refractivity contribution in [1.82, 2.24) is 4.98 Å². The van der Waals surface area contributed by atoms with Crippen LogP contribution in [0, 0.1) is 11.3 Å². The summed E-state index contributed by atoms with van der Waals surface area (Å²) >= 11 is 0. The van der Waals surface area contributed by atoms with Gasteiger partial charge in [0.15, 0.2) is 6.10 Å². The van der Waals surface area contributed by atoms with E-state index in [0.717, 1.165) is 6.07 Å². The highest BCUT2D eigenvalue weighted by Crippen LogP contribution is 2.17. The van der Waals surface area contributed by atoms with Gasteiger partial charge >= 0.3 is 5.97 Å². The minimum Gasteiger partial charge on any atom is -0.449 e. The molecule has 0 saturated heterocycles. The van der Waals surface area contributed by atoms with Crippen LogP contribution in [-0.2, 0) is 9.53 Å². The van der Waals surface area contributed by atoms with E-state index in [1.54, 1.807) is 42.5 Å². The zero-order chi connectivity index (χ0) is 19.4. The van der Waals surface area contributed by atoms with Gasteiger partial charge in [-0.2, -0.15) is 5.26 Å². The second kappa shape index (κ2) is 7.54. The maximum atomic E-state index is 12.5. The Hall–Kier alpha value is -3.92. The molecule has 134 valence electrons. The number of H-pyrrole nitrogens is 1. The SMILES string of the molecule is C[C@H](OC(=O)c1cc(=O)[nH]c2ccccc12)C(=O)Nc1cccc(C#N)c1. The molecule has 1 amide bonds. The number of nitrogens with one attached hydrogen (secondary N) is 2. The number of anilines is 1. The van der Waals surface area contributed by atoms with Crippen molar-refractivity contribution in [3.05, 3.63) is 76.1 Å². The number of benzene rings is 2. The van der Waals surface area contributed by atoms with Crippen LogP contribution >= 0.6 is 0 Å². The van der Waals surface area contributed by atoms with Gasteiger partial charge in [0.1, 0.15) is 0 Å². The standard InChI is InChI=1S/C20H15N3O4/c1-12(19(25)22-14-6-4-5-13(9-14)11-21)27-20(26)16-10-18(24)23-17-8-3-2-7-15(16)17/h2-10,12H,1H3,(H,22,25)(H,23,24)/t12-/m0/s1. The topological polar surface area (TPSA) is 112 Å². The molecule has 0 fully saturated rings. The third kappa shape index (κ3) is 4.02. The molecule has 2 N–H and O–H groups in total. The van der Waals surface area contributed by atoms with Crippen molar-refractivity contribution >= 4 is 28.5 Å². The monoisotopic (exact) mass is 361 g/mol. The highest BCUT2D eigenvalue weighted by Gasteiger charge is 2.21. The molecule has 1 heterocycles. The number of aromatic nitrogens is 1. The molecule has 1 atom stereocenters. The average Bonchev–Trinajstić information content (AvgIpc) is 2.67. The normalized spacial score (nSPS) is 11.4. The van der Waals surface area contributed by atoms with Gasteiger partial charge in [0.05, 0.1) is 17.2 Å². The molecule has 0 radical (unpaired) electrons. The third-order valence-corrected chi connectivity index (χ3v) is 3.88. The fourth-order valence-corrected chi connectivity index (χ4v) is 2.56. The summed E-state index contributed by atoms with van der Waals surface area (Å²) in [6.07, 6.45) is -1.10. The predicted octanol–water partition coefficient (Wildman–Crippen LogP) is 2.58. The molecule has 0 aliphatic carbocycles. The van der Waals surface area contributed by atoms with Crippen molar-refractivity contribution in [1.29, 1.82) is 5.26 Å². The molecule has 2 aromatic carbocycles. The Morgan fingerprint density at radius 1 is 1.15 bits per heavy atom. The van der Waals surface area contributed by atoms with E-state index in [1.807, 2.05) is 6.07 Å². The number of nitriles is 1. The summed E-state index contributed by atoms with van der Waals surface area (Å²) in [5, 5.41) is 12.0. The summed E-state index contributed by atoms with van der Waals surface area (Å²) in [6, 6.07) is 16.3. The largest absolute Gasteiger partial charge is 0.449 e. The van der Waals surface area contributed by atoms with E-state index in [-0.39, 0.29) is 5.56 Å². The molecule has 0 bridgehead atoms. The number of carbonyl (C=O) groups is 2. The highest BCUT2D eigenvalue weighted by molar-refractivity contribution is 6.04. The molecule has 0 unspecified atom stereocenters. The Balaban J connectivity index is 1.77. The summed E-state index contributed by atoms with van der Waals surface area (Å²) in [5.41, 5.74) is 0.963. The molecule has 3 aromatic rings. The van der Waals surface area contributed by atoms with Crippen molar-refractivity contribution < 1.29 is 14.3 Å². The van der Waals surface area contributed by atoms with E-state index in [1.165, 1.54) is 13.0 Å². The lowest BCUT2D eigenvalue weighted by atomic mass is 10.1. The number of amides is 1. The predicted molar refractivity (Wildman–Crippen MR) is 99.2 cm³/mol. The Labute approximate surface area is 154 Å². The van der Waals surface area contributed by atoms with Crippen molar-refractivity contribution in [3.8, 4) is 6.07 Å². The van der Waals surface area contributed by atoms with E-state index >= 15 is 0 Å². The number of rotatable bonds is 4. The summed E-state index contributed by atoms with van der Waals surface area (Å²) < 4.78 is 5.22. The lowest BCUT2D eigenvalue weighted by Crippen LogP contribution is -2.30. The molecule has 1 aromatic heterocycles. The average molecular weight is 361 g/mol. The fourth-order valence-electron chi connectivity index (χ4n) is 2.56. The quantitative estimate of drug-likeness (QED) is 0.694. The number of fused-ring (bicyclic) bond motifs is 1. The van der Waals surface area contributed by atoms with Gasteiger partial charge in [-0.25, -0.2) is 4.79 Å². The molecule has 7 nitrogen and oxygen atoms in total. The van der Waals surface area contributed by atoms with Crippen LogP contribution in [0.5, 0.6) is 0 Å². The van der Waals surface area contributed by atoms with E-state index in [2.05, 4.69) is 10.3 Å². The number of carbonyl (C=O) groups excluding carboxylic acids is 2. The second-order valence-electron chi connectivity index (χ2n) is 5.82. The van der Waals surface area contributed by atoms with Crippen LogP contribution in [0.25, 0.3) is 10.9 Å². The van der Waals surface area contributed by atoms with Crippen LogP contribution < -0.4 is 10.9 Å². The van der Waals surface area contributed by atoms with Gasteiger partial charge in [-0.05, 0) is 31.2 Å². The first-order valence-corrected chi connectivity index (χ1v) is 8.12. The first-order chi connectivity index (χ1) is 13.0. The zero-order valence-electron chi connectivity index (χ0n) is 14.4. The molecule has 0 spiro atoms. The first-order valence-electron chi connectivity index (χ1n) is 8.12. The van der Waals surface area contributed by atoms with Gasteiger partial charge in [0, 0.05) is 22.7 Å². The van der Waals surface area contributed by atoms with E-state index in [9.17, 15) is 14.4 Å².